The summed E-state index contributed by atoms with van der Waals surface area (Å²) in [7, 11) is 4.62. The number of anilines is 1. The van der Waals surface area contributed by atoms with E-state index in [1.54, 1.807) is 55.6 Å². The first-order chi connectivity index (χ1) is 17.3. The van der Waals surface area contributed by atoms with Crippen molar-refractivity contribution in [1.29, 1.82) is 0 Å². The Morgan fingerprint density at radius 1 is 0.861 bits per heavy atom. The summed E-state index contributed by atoms with van der Waals surface area (Å²) in [4.78, 5) is 26.1. The van der Waals surface area contributed by atoms with Crippen molar-refractivity contribution in [2.45, 2.75) is 13.8 Å². The standard InChI is InChI=1S/C28H27NO7/c1-16-12-21-23(13-17(16)2)36-27(18-6-11-22(33-4)24(14-18)34-5)28(26(21)31)35-15-25(30)29-19-7-9-20(32-3)10-8-19/h6-14H,15H2,1-5H3,(H,29,30). The van der Waals surface area contributed by atoms with Crippen LogP contribution >= 0.6 is 0 Å². The molecule has 1 amide bonds. The van der Waals surface area contributed by atoms with Crippen LogP contribution in [-0.4, -0.2) is 33.8 Å². The van der Waals surface area contributed by atoms with Crippen molar-refractivity contribution in [3.05, 3.63) is 75.9 Å². The van der Waals surface area contributed by atoms with Crippen molar-refractivity contribution < 1.29 is 28.2 Å². The fourth-order valence-electron chi connectivity index (χ4n) is 3.74. The molecule has 0 bridgehead atoms. The van der Waals surface area contributed by atoms with E-state index in [0.29, 0.717) is 39.5 Å². The first-order valence-corrected chi connectivity index (χ1v) is 11.2. The SMILES string of the molecule is COc1ccc(NC(=O)COc2c(-c3ccc(OC)c(OC)c3)oc3cc(C)c(C)cc3c2=O)cc1. The van der Waals surface area contributed by atoms with Gasteiger partial charge in [0, 0.05) is 11.3 Å². The number of hydrogen-bond acceptors (Lipinski definition) is 7. The molecule has 0 saturated carbocycles. The van der Waals surface area contributed by atoms with E-state index < -0.39 is 12.5 Å². The van der Waals surface area contributed by atoms with Crippen LogP contribution in [-0.2, 0) is 4.79 Å². The molecule has 4 rings (SSSR count). The highest BCUT2D eigenvalue weighted by molar-refractivity contribution is 5.92. The van der Waals surface area contributed by atoms with E-state index in [1.165, 1.54) is 14.2 Å². The van der Waals surface area contributed by atoms with Gasteiger partial charge in [-0.1, -0.05) is 0 Å². The van der Waals surface area contributed by atoms with Crippen LogP contribution in [0.25, 0.3) is 22.3 Å². The summed E-state index contributed by atoms with van der Waals surface area (Å²) >= 11 is 0. The number of nitrogens with one attached hydrogen (secondary N) is 1. The van der Waals surface area contributed by atoms with Gasteiger partial charge in [-0.25, -0.2) is 0 Å². The smallest absolute Gasteiger partial charge is 0.262 e. The fraction of sp³-hybridized carbons (Fsp3) is 0.214. The molecular formula is C28H27NO7. The summed E-state index contributed by atoms with van der Waals surface area (Å²) in [5.74, 6) is 1.34. The molecule has 1 heterocycles. The zero-order chi connectivity index (χ0) is 25.8. The third-order valence-electron chi connectivity index (χ3n) is 5.83. The molecular weight excluding hydrogens is 462 g/mol. The summed E-state index contributed by atoms with van der Waals surface area (Å²) in [6.45, 7) is 3.46. The van der Waals surface area contributed by atoms with E-state index in [1.807, 2.05) is 19.9 Å². The minimum Gasteiger partial charge on any atom is -0.497 e. The molecule has 36 heavy (non-hydrogen) atoms. The van der Waals surface area contributed by atoms with Crippen LogP contribution in [0.5, 0.6) is 23.0 Å². The van der Waals surface area contributed by atoms with Gasteiger partial charge >= 0.3 is 0 Å². The van der Waals surface area contributed by atoms with Crippen molar-refractivity contribution in [1.82, 2.24) is 0 Å². The van der Waals surface area contributed by atoms with E-state index in [9.17, 15) is 9.59 Å². The average molecular weight is 490 g/mol. The van der Waals surface area contributed by atoms with Crippen molar-refractivity contribution >= 4 is 22.6 Å². The van der Waals surface area contributed by atoms with Crippen LogP contribution in [0.2, 0.25) is 0 Å². The third kappa shape index (κ3) is 4.98. The number of benzene rings is 3. The Morgan fingerprint density at radius 3 is 2.22 bits per heavy atom. The predicted molar refractivity (Wildman–Crippen MR) is 138 cm³/mol. The van der Waals surface area contributed by atoms with Crippen LogP contribution in [0.1, 0.15) is 11.1 Å². The van der Waals surface area contributed by atoms with E-state index in [4.69, 9.17) is 23.4 Å². The summed E-state index contributed by atoms with van der Waals surface area (Å²) in [6, 6.07) is 15.6. The van der Waals surface area contributed by atoms with Gasteiger partial charge in [-0.2, -0.15) is 0 Å². The van der Waals surface area contributed by atoms with Crippen molar-refractivity contribution in [2.24, 2.45) is 0 Å². The lowest BCUT2D eigenvalue weighted by atomic mass is 10.0. The molecule has 0 aliphatic rings. The molecule has 0 spiro atoms. The maximum Gasteiger partial charge on any atom is 0.262 e. The Balaban J connectivity index is 1.73. The predicted octanol–water partition coefficient (Wildman–Crippen LogP) is 5.12. The van der Waals surface area contributed by atoms with Crippen molar-refractivity contribution in [2.75, 3.05) is 33.3 Å². The van der Waals surface area contributed by atoms with Gasteiger partial charge in [0.1, 0.15) is 11.3 Å². The number of ether oxygens (including phenoxy) is 4. The first-order valence-electron chi connectivity index (χ1n) is 11.2. The zero-order valence-electron chi connectivity index (χ0n) is 20.8. The van der Waals surface area contributed by atoms with Crippen LogP contribution in [0.15, 0.2) is 63.8 Å². The molecule has 3 aromatic carbocycles. The summed E-state index contributed by atoms with van der Waals surface area (Å²) in [5, 5.41) is 3.11. The maximum atomic E-state index is 13.5. The molecule has 4 aromatic rings. The molecule has 0 unspecified atom stereocenters. The number of rotatable bonds is 8. The highest BCUT2D eigenvalue weighted by Crippen LogP contribution is 2.37. The van der Waals surface area contributed by atoms with E-state index in [-0.39, 0.29) is 16.9 Å². The quantitative estimate of drug-likeness (QED) is 0.367. The second-order valence-corrected chi connectivity index (χ2v) is 8.16. The summed E-state index contributed by atoms with van der Waals surface area (Å²) in [5.41, 5.74) is 3.08. The number of methoxy groups -OCH3 is 3. The molecule has 0 aliphatic heterocycles. The Morgan fingerprint density at radius 2 is 1.56 bits per heavy atom. The topological polar surface area (TPSA) is 96.2 Å². The van der Waals surface area contributed by atoms with Crippen molar-refractivity contribution in [3.63, 3.8) is 0 Å². The second kappa shape index (κ2) is 10.4. The molecule has 8 heteroatoms. The second-order valence-electron chi connectivity index (χ2n) is 8.16. The van der Waals surface area contributed by atoms with Crippen LogP contribution < -0.4 is 29.7 Å². The molecule has 0 fully saturated rings. The van der Waals surface area contributed by atoms with Crippen LogP contribution in [0, 0.1) is 13.8 Å². The molecule has 1 aromatic heterocycles. The Hall–Kier alpha value is -4.46. The monoisotopic (exact) mass is 489 g/mol. The van der Waals surface area contributed by atoms with Gasteiger partial charge in [0.05, 0.1) is 26.7 Å². The van der Waals surface area contributed by atoms with E-state index >= 15 is 0 Å². The summed E-state index contributed by atoms with van der Waals surface area (Å²) in [6.07, 6.45) is 0. The largest absolute Gasteiger partial charge is 0.497 e. The van der Waals surface area contributed by atoms with Gasteiger partial charge in [-0.05, 0) is 79.6 Å². The molecule has 0 saturated heterocycles. The maximum absolute atomic E-state index is 13.5. The van der Waals surface area contributed by atoms with E-state index in [2.05, 4.69) is 5.32 Å². The van der Waals surface area contributed by atoms with Gasteiger partial charge in [-0.15, -0.1) is 0 Å². The minimum absolute atomic E-state index is 0.0668. The van der Waals surface area contributed by atoms with E-state index in [0.717, 1.165) is 11.1 Å². The molecule has 186 valence electrons. The lowest BCUT2D eigenvalue weighted by molar-refractivity contribution is -0.118. The Bertz CT molecular complexity index is 1470. The van der Waals surface area contributed by atoms with Gasteiger partial charge in [0.15, 0.2) is 23.9 Å². The average Bonchev–Trinajstić information content (AvgIpc) is 2.89. The van der Waals surface area contributed by atoms with Gasteiger partial charge in [-0.3, -0.25) is 9.59 Å². The number of fused-ring (bicyclic) bond motifs is 1. The summed E-state index contributed by atoms with van der Waals surface area (Å²) < 4.78 is 27.8. The lowest BCUT2D eigenvalue weighted by Crippen LogP contribution is -2.22. The van der Waals surface area contributed by atoms with Crippen LogP contribution in [0.4, 0.5) is 5.69 Å². The lowest BCUT2D eigenvalue weighted by Gasteiger charge is -2.14. The highest BCUT2D eigenvalue weighted by atomic mass is 16.5. The molecule has 8 nitrogen and oxygen atoms in total. The Labute approximate surface area is 208 Å². The zero-order valence-corrected chi connectivity index (χ0v) is 20.8. The molecule has 0 radical (unpaired) electrons. The molecule has 0 atom stereocenters. The molecule has 1 N–H and O–H groups in total. The number of amides is 1. The van der Waals surface area contributed by atoms with Crippen molar-refractivity contribution in [3.8, 4) is 34.3 Å². The highest BCUT2D eigenvalue weighted by Gasteiger charge is 2.21. The number of carbonyl (C=O) groups excluding carboxylic acids is 1. The normalized spacial score (nSPS) is 10.7. The number of carbonyl (C=O) groups is 1. The first kappa shape index (κ1) is 24.7. The minimum atomic E-state index is -0.432. The number of hydrogen-bond donors (Lipinski definition) is 1. The Kier molecular flexibility index (Phi) is 7.15. The van der Waals surface area contributed by atoms with Gasteiger partial charge in [0.2, 0.25) is 11.2 Å². The van der Waals surface area contributed by atoms with Crippen LogP contribution in [0.3, 0.4) is 0 Å². The van der Waals surface area contributed by atoms with Gasteiger partial charge in [0.25, 0.3) is 5.91 Å². The fourth-order valence-corrected chi connectivity index (χ4v) is 3.74. The molecule has 0 aliphatic carbocycles. The third-order valence-corrected chi connectivity index (χ3v) is 5.83. The number of aryl methyl sites for hydroxylation is 2. The van der Waals surface area contributed by atoms with Gasteiger partial charge < -0.3 is 28.7 Å².